The van der Waals surface area contributed by atoms with E-state index < -0.39 is 0 Å². The smallest absolute Gasteiger partial charge is 0.125 e. The van der Waals surface area contributed by atoms with Crippen molar-refractivity contribution < 1.29 is 4.39 Å². The fourth-order valence-electron chi connectivity index (χ4n) is 2.60. The number of hydrogen-bond donors (Lipinski definition) is 1. The number of benzene rings is 1. The normalized spacial score (nSPS) is 16.4. The predicted molar refractivity (Wildman–Crippen MR) is 66.2 cm³/mol. The molecular weight excluding hydrogens is 217 g/mol. The second kappa shape index (κ2) is 4.13. The largest absolute Gasteiger partial charge is 0.342 e. The first-order valence-corrected chi connectivity index (χ1v) is 5.98. The lowest BCUT2D eigenvalue weighted by Crippen LogP contribution is -2.36. The lowest BCUT2D eigenvalue weighted by Gasteiger charge is -2.28. The number of aromatic nitrogens is 1. The Morgan fingerprint density at radius 3 is 2.94 bits per heavy atom. The average Bonchev–Trinajstić information content (AvgIpc) is 2.66. The second-order valence-electron chi connectivity index (χ2n) is 4.56. The fourth-order valence-corrected chi connectivity index (χ4v) is 2.60. The molecule has 0 fully saturated rings. The highest BCUT2D eigenvalue weighted by Gasteiger charge is 2.17. The van der Waals surface area contributed by atoms with Crippen LogP contribution in [0.1, 0.15) is 5.69 Å². The average molecular weight is 233 g/mol. The zero-order valence-corrected chi connectivity index (χ0v) is 9.69. The summed E-state index contributed by atoms with van der Waals surface area (Å²) in [6, 6.07) is 7.14. The molecule has 3 rings (SSSR count). The van der Waals surface area contributed by atoms with Crippen LogP contribution in [-0.4, -0.2) is 29.1 Å². The molecule has 2 heterocycles. The number of nitrogens with two attached hydrogens (primary N) is 1. The van der Waals surface area contributed by atoms with Gasteiger partial charge in [0, 0.05) is 43.8 Å². The topological polar surface area (TPSA) is 34.2 Å². The molecule has 0 saturated carbocycles. The maximum Gasteiger partial charge on any atom is 0.125 e. The van der Waals surface area contributed by atoms with Crippen LogP contribution in [0.3, 0.4) is 0 Å². The van der Waals surface area contributed by atoms with E-state index in [2.05, 4.69) is 15.5 Å². The second-order valence-corrected chi connectivity index (χ2v) is 4.56. The number of hydrogen-bond acceptors (Lipinski definition) is 2. The molecule has 1 aliphatic heterocycles. The molecule has 90 valence electrons. The number of nitrogens with zero attached hydrogens (tertiary/aromatic N) is 2. The molecule has 0 aliphatic carbocycles. The van der Waals surface area contributed by atoms with Gasteiger partial charge in [0.2, 0.25) is 0 Å². The molecule has 1 aromatic heterocycles. The van der Waals surface area contributed by atoms with Crippen LogP contribution >= 0.6 is 0 Å². The highest BCUT2D eigenvalue weighted by molar-refractivity contribution is 5.81. The summed E-state index contributed by atoms with van der Waals surface area (Å²) in [5.74, 6) is -0.164. The molecule has 0 atom stereocenters. The van der Waals surface area contributed by atoms with Crippen molar-refractivity contribution in [1.29, 1.82) is 0 Å². The van der Waals surface area contributed by atoms with Crippen LogP contribution in [0, 0.1) is 5.82 Å². The van der Waals surface area contributed by atoms with E-state index in [-0.39, 0.29) is 5.82 Å². The molecule has 0 spiro atoms. The van der Waals surface area contributed by atoms with Gasteiger partial charge in [-0.2, -0.15) is 0 Å². The molecule has 2 aromatic rings. The summed E-state index contributed by atoms with van der Waals surface area (Å²) in [4.78, 5) is 2.34. The van der Waals surface area contributed by atoms with Crippen molar-refractivity contribution in [3.8, 4) is 0 Å². The summed E-state index contributed by atoms with van der Waals surface area (Å²) in [5, 5.41) is 1.12. The van der Waals surface area contributed by atoms with Gasteiger partial charge in [0.25, 0.3) is 0 Å². The van der Waals surface area contributed by atoms with Crippen molar-refractivity contribution in [2.45, 2.75) is 13.1 Å². The summed E-state index contributed by atoms with van der Waals surface area (Å²) < 4.78 is 15.5. The summed E-state index contributed by atoms with van der Waals surface area (Å²) in [7, 11) is 0. The molecule has 0 unspecified atom stereocenters. The van der Waals surface area contributed by atoms with Crippen molar-refractivity contribution in [3.63, 3.8) is 0 Å². The highest BCUT2D eigenvalue weighted by Crippen LogP contribution is 2.24. The van der Waals surface area contributed by atoms with Crippen molar-refractivity contribution >= 4 is 10.9 Å². The van der Waals surface area contributed by atoms with Crippen LogP contribution in [0.5, 0.6) is 0 Å². The fraction of sp³-hybridized carbons (Fsp3) is 0.385. The standard InChI is InChI=1S/C13H16FN3/c14-11-2-1-10-7-12-9-16(4-3-15)5-6-17(12)13(10)8-11/h1-2,7-8H,3-6,9,15H2. The maximum absolute atomic E-state index is 13.2. The number of rotatable bonds is 2. The van der Waals surface area contributed by atoms with Crippen LogP contribution in [0.15, 0.2) is 24.3 Å². The molecule has 2 N–H and O–H groups in total. The minimum atomic E-state index is -0.164. The van der Waals surface area contributed by atoms with Crippen molar-refractivity contribution in [2.24, 2.45) is 5.73 Å². The van der Waals surface area contributed by atoms with Gasteiger partial charge in [-0.05, 0) is 24.3 Å². The Morgan fingerprint density at radius 2 is 2.12 bits per heavy atom. The van der Waals surface area contributed by atoms with Crippen molar-refractivity contribution in [1.82, 2.24) is 9.47 Å². The molecular formula is C13H16FN3. The third-order valence-electron chi connectivity index (χ3n) is 3.42. The van der Waals surface area contributed by atoms with Gasteiger partial charge in [0.1, 0.15) is 5.82 Å². The Hall–Kier alpha value is -1.39. The Labute approximate surface area is 99.6 Å². The molecule has 1 aromatic carbocycles. The van der Waals surface area contributed by atoms with Crippen LogP contribution < -0.4 is 5.73 Å². The van der Waals surface area contributed by atoms with E-state index in [1.54, 1.807) is 6.07 Å². The van der Waals surface area contributed by atoms with Gasteiger partial charge < -0.3 is 10.3 Å². The monoisotopic (exact) mass is 233 g/mol. The van der Waals surface area contributed by atoms with E-state index in [0.29, 0.717) is 6.54 Å². The van der Waals surface area contributed by atoms with Crippen molar-refractivity contribution in [3.05, 3.63) is 35.8 Å². The number of halogens is 1. The third kappa shape index (κ3) is 1.83. The van der Waals surface area contributed by atoms with Crippen LogP contribution in [-0.2, 0) is 13.1 Å². The minimum Gasteiger partial charge on any atom is -0.342 e. The molecule has 1 aliphatic rings. The summed E-state index contributed by atoms with van der Waals surface area (Å²) in [5.41, 5.74) is 7.84. The Kier molecular flexibility index (Phi) is 2.61. The zero-order chi connectivity index (χ0) is 11.8. The van der Waals surface area contributed by atoms with E-state index in [0.717, 1.165) is 37.1 Å². The Morgan fingerprint density at radius 1 is 1.24 bits per heavy atom. The Balaban J connectivity index is 2.01. The Bertz CT molecular complexity index is 547. The quantitative estimate of drug-likeness (QED) is 0.854. The summed E-state index contributed by atoms with van der Waals surface area (Å²) in [6.07, 6.45) is 0. The van der Waals surface area contributed by atoms with Gasteiger partial charge in [-0.3, -0.25) is 4.90 Å². The van der Waals surface area contributed by atoms with E-state index in [1.807, 2.05) is 6.07 Å². The van der Waals surface area contributed by atoms with Crippen LogP contribution in [0.25, 0.3) is 10.9 Å². The van der Waals surface area contributed by atoms with Gasteiger partial charge in [-0.15, -0.1) is 0 Å². The van der Waals surface area contributed by atoms with Gasteiger partial charge in [-0.1, -0.05) is 0 Å². The van der Waals surface area contributed by atoms with E-state index >= 15 is 0 Å². The lowest BCUT2D eigenvalue weighted by molar-refractivity contribution is 0.229. The molecule has 4 heteroatoms. The molecule has 0 bridgehead atoms. The van der Waals surface area contributed by atoms with E-state index in [9.17, 15) is 4.39 Å². The van der Waals surface area contributed by atoms with Crippen LogP contribution in [0.4, 0.5) is 4.39 Å². The first-order chi connectivity index (χ1) is 8.28. The summed E-state index contributed by atoms with van der Waals surface area (Å²) in [6.45, 7) is 4.44. The first-order valence-electron chi connectivity index (χ1n) is 5.98. The molecule has 0 amide bonds. The molecule has 0 radical (unpaired) electrons. The van der Waals surface area contributed by atoms with Gasteiger partial charge in [0.05, 0.1) is 5.52 Å². The number of fused-ring (bicyclic) bond motifs is 3. The summed E-state index contributed by atoms with van der Waals surface area (Å²) >= 11 is 0. The first kappa shape index (κ1) is 10.7. The predicted octanol–water partition coefficient (Wildman–Crippen LogP) is 1.55. The zero-order valence-electron chi connectivity index (χ0n) is 9.69. The highest BCUT2D eigenvalue weighted by atomic mass is 19.1. The lowest BCUT2D eigenvalue weighted by atomic mass is 10.2. The van der Waals surface area contributed by atoms with Gasteiger partial charge in [0.15, 0.2) is 0 Å². The molecule has 0 saturated heterocycles. The third-order valence-corrected chi connectivity index (χ3v) is 3.42. The minimum absolute atomic E-state index is 0.164. The van der Waals surface area contributed by atoms with E-state index in [1.165, 1.54) is 11.8 Å². The van der Waals surface area contributed by atoms with Gasteiger partial charge >= 0.3 is 0 Å². The molecule has 17 heavy (non-hydrogen) atoms. The van der Waals surface area contributed by atoms with Gasteiger partial charge in [-0.25, -0.2) is 4.39 Å². The molecule has 3 nitrogen and oxygen atoms in total. The van der Waals surface area contributed by atoms with Crippen LogP contribution in [0.2, 0.25) is 0 Å². The van der Waals surface area contributed by atoms with Crippen molar-refractivity contribution in [2.75, 3.05) is 19.6 Å². The maximum atomic E-state index is 13.2. The SMILES string of the molecule is NCCN1CCn2c(cc3ccc(F)cc32)C1. The van der Waals surface area contributed by atoms with E-state index in [4.69, 9.17) is 5.73 Å².